The van der Waals surface area contributed by atoms with E-state index in [0.717, 1.165) is 24.0 Å². The van der Waals surface area contributed by atoms with E-state index in [9.17, 15) is 12.8 Å². The quantitative estimate of drug-likeness (QED) is 0.877. The van der Waals surface area contributed by atoms with Crippen molar-refractivity contribution in [2.75, 3.05) is 11.3 Å². The van der Waals surface area contributed by atoms with E-state index in [-0.39, 0.29) is 11.5 Å². The summed E-state index contributed by atoms with van der Waals surface area (Å²) in [5.41, 5.74) is 1.25. The Labute approximate surface area is 116 Å². The summed E-state index contributed by atoms with van der Waals surface area (Å²) >= 11 is 0. The second-order valence-electron chi connectivity index (χ2n) is 4.11. The number of rotatable bonds is 5. The molecule has 0 aliphatic carbocycles. The van der Waals surface area contributed by atoms with Gasteiger partial charge in [-0.1, -0.05) is 12.1 Å². The summed E-state index contributed by atoms with van der Waals surface area (Å²) in [6.07, 6.45) is 2.51. The highest BCUT2D eigenvalue weighted by atomic mass is 32.2. The molecule has 0 amide bonds. The fraction of sp³-hybridized carbons (Fsp3) is 0.154. The lowest BCUT2D eigenvalue weighted by atomic mass is 10.1. The summed E-state index contributed by atoms with van der Waals surface area (Å²) in [6.45, 7) is 0.0278. The van der Waals surface area contributed by atoms with E-state index >= 15 is 0 Å². The van der Waals surface area contributed by atoms with Gasteiger partial charge in [0.1, 0.15) is 10.7 Å². The fourth-order valence-electron chi connectivity index (χ4n) is 1.62. The van der Waals surface area contributed by atoms with Gasteiger partial charge >= 0.3 is 0 Å². The maximum absolute atomic E-state index is 13.0. The molecule has 0 spiro atoms. The Morgan fingerprint density at radius 2 is 1.90 bits per heavy atom. The van der Waals surface area contributed by atoms with Crippen LogP contribution >= 0.6 is 0 Å². The van der Waals surface area contributed by atoms with E-state index in [2.05, 4.69) is 9.71 Å². The van der Waals surface area contributed by atoms with Crippen LogP contribution in [0.1, 0.15) is 5.56 Å². The van der Waals surface area contributed by atoms with Crippen molar-refractivity contribution in [3.63, 3.8) is 0 Å². The number of sulfonamides is 1. The molecule has 2 N–H and O–H groups in total. The van der Waals surface area contributed by atoms with Gasteiger partial charge in [0.15, 0.2) is 0 Å². The van der Waals surface area contributed by atoms with Crippen LogP contribution in [0.15, 0.2) is 47.6 Å². The molecule has 0 aliphatic heterocycles. The number of aliphatic hydroxyl groups excluding tert-OH is 1. The maximum atomic E-state index is 13.0. The molecule has 0 unspecified atom stereocenters. The molecule has 1 heterocycles. The first-order valence-corrected chi connectivity index (χ1v) is 7.33. The van der Waals surface area contributed by atoms with Gasteiger partial charge in [-0.15, -0.1) is 0 Å². The zero-order valence-electron chi connectivity index (χ0n) is 10.5. The Kier molecular flexibility index (Phi) is 4.31. The molecule has 0 radical (unpaired) electrons. The molecule has 0 saturated heterocycles. The highest BCUT2D eigenvalue weighted by molar-refractivity contribution is 7.92. The van der Waals surface area contributed by atoms with E-state index in [1.165, 1.54) is 0 Å². The van der Waals surface area contributed by atoms with E-state index in [1.54, 1.807) is 24.3 Å². The lowest BCUT2D eigenvalue weighted by molar-refractivity contribution is 0.299. The largest absolute Gasteiger partial charge is 0.396 e. The molecule has 0 saturated carbocycles. The molecule has 106 valence electrons. The lowest BCUT2D eigenvalue weighted by Gasteiger charge is -2.08. The minimum atomic E-state index is -3.86. The van der Waals surface area contributed by atoms with E-state index in [0.29, 0.717) is 12.1 Å². The first kappa shape index (κ1) is 14.4. The number of nitrogens with zero attached hydrogens (tertiary/aromatic N) is 1. The predicted octanol–water partition coefficient (Wildman–Crippen LogP) is 1.56. The van der Waals surface area contributed by atoms with Crippen LogP contribution in [0.5, 0.6) is 0 Å². The third-order valence-corrected chi connectivity index (χ3v) is 3.95. The number of aliphatic hydroxyl groups is 1. The zero-order valence-corrected chi connectivity index (χ0v) is 11.3. The van der Waals surface area contributed by atoms with Gasteiger partial charge in [-0.2, -0.15) is 0 Å². The van der Waals surface area contributed by atoms with Crippen molar-refractivity contribution in [1.29, 1.82) is 0 Å². The van der Waals surface area contributed by atoms with Crippen LogP contribution in [-0.4, -0.2) is 25.1 Å². The molecule has 7 heteroatoms. The van der Waals surface area contributed by atoms with Crippen molar-refractivity contribution in [3.05, 3.63) is 54.1 Å². The normalized spacial score (nSPS) is 11.3. The molecule has 1 aromatic carbocycles. The Balaban J connectivity index is 2.20. The molecule has 0 atom stereocenters. The Morgan fingerprint density at radius 3 is 2.50 bits per heavy atom. The first-order valence-electron chi connectivity index (χ1n) is 5.84. The van der Waals surface area contributed by atoms with E-state index in [1.807, 2.05) is 0 Å². The SMILES string of the molecule is O=S(=O)(Nc1ccc(CCO)cc1)c1cncc(F)c1. The van der Waals surface area contributed by atoms with Crippen LogP contribution in [-0.2, 0) is 16.4 Å². The summed E-state index contributed by atoms with van der Waals surface area (Å²) in [5.74, 6) is -0.717. The van der Waals surface area contributed by atoms with Crippen LogP contribution in [0.3, 0.4) is 0 Å². The van der Waals surface area contributed by atoms with Crippen molar-refractivity contribution in [3.8, 4) is 0 Å². The summed E-state index contributed by atoms with van der Waals surface area (Å²) in [7, 11) is -3.86. The molecule has 1 aromatic heterocycles. The summed E-state index contributed by atoms with van der Waals surface area (Å²) < 4.78 is 39.3. The number of nitrogens with one attached hydrogen (secondary N) is 1. The van der Waals surface area contributed by atoms with Crippen LogP contribution in [0.25, 0.3) is 0 Å². The van der Waals surface area contributed by atoms with E-state index in [4.69, 9.17) is 5.11 Å². The number of hydrogen-bond donors (Lipinski definition) is 2. The molecule has 2 rings (SSSR count). The first-order chi connectivity index (χ1) is 9.51. The Hall–Kier alpha value is -1.99. The van der Waals surface area contributed by atoms with E-state index < -0.39 is 15.8 Å². The van der Waals surface area contributed by atoms with Gasteiger partial charge in [-0.3, -0.25) is 9.71 Å². The van der Waals surface area contributed by atoms with Crippen molar-refractivity contribution >= 4 is 15.7 Å². The number of benzene rings is 1. The predicted molar refractivity (Wildman–Crippen MR) is 72.2 cm³/mol. The maximum Gasteiger partial charge on any atom is 0.263 e. The van der Waals surface area contributed by atoms with Crippen molar-refractivity contribution in [1.82, 2.24) is 4.98 Å². The molecular formula is C13H13FN2O3S. The highest BCUT2D eigenvalue weighted by Crippen LogP contribution is 2.16. The highest BCUT2D eigenvalue weighted by Gasteiger charge is 2.15. The van der Waals surface area contributed by atoms with Gasteiger partial charge in [-0.25, -0.2) is 12.8 Å². The standard InChI is InChI=1S/C13H13FN2O3S/c14-11-7-13(9-15-8-11)20(18,19)16-12-3-1-10(2-4-12)5-6-17/h1-4,7-9,16-17H,5-6H2. The molecule has 2 aromatic rings. The number of halogens is 1. The third-order valence-electron chi connectivity index (χ3n) is 2.60. The zero-order chi connectivity index (χ0) is 14.6. The molecule has 20 heavy (non-hydrogen) atoms. The van der Waals surface area contributed by atoms with Crippen molar-refractivity contribution in [2.24, 2.45) is 0 Å². The summed E-state index contributed by atoms with van der Waals surface area (Å²) in [4.78, 5) is 3.27. The number of anilines is 1. The number of pyridine rings is 1. The van der Waals surface area contributed by atoms with Gasteiger partial charge in [0, 0.05) is 18.5 Å². The smallest absolute Gasteiger partial charge is 0.263 e. The van der Waals surface area contributed by atoms with Crippen LogP contribution < -0.4 is 4.72 Å². The Bertz CT molecular complexity index is 687. The second-order valence-corrected chi connectivity index (χ2v) is 5.80. The van der Waals surface area contributed by atoms with Crippen molar-refractivity contribution in [2.45, 2.75) is 11.3 Å². The van der Waals surface area contributed by atoms with Gasteiger partial charge in [0.25, 0.3) is 10.0 Å². The van der Waals surface area contributed by atoms with Crippen molar-refractivity contribution < 1.29 is 17.9 Å². The topological polar surface area (TPSA) is 79.3 Å². The second kappa shape index (κ2) is 5.98. The molecular weight excluding hydrogens is 283 g/mol. The summed E-state index contributed by atoms with van der Waals surface area (Å²) in [5, 5.41) is 8.80. The minimum Gasteiger partial charge on any atom is -0.396 e. The fourth-order valence-corrected chi connectivity index (χ4v) is 2.65. The lowest BCUT2D eigenvalue weighted by Crippen LogP contribution is -2.13. The van der Waals surface area contributed by atoms with Gasteiger partial charge < -0.3 is 5.11 Å². The van der Waals surface area contributed by atoms with Gasteiger partial charge in [-0.05, 0) is 30.2 Å². The Morgan fingerprint density at radius 1 is 1.20 bits per heavy atom. The molecule has 0 fully saturated rings. The molecule has 0 bridgehead atoms. The summed E-state index contributed by atoms with van der Waals surface area (Å²) in [6, 6.07) is 7.47. The molecule has 0 aliphatic rings. The van der Waals surface area contributed by atoms with Gasteiger partial charge in [0.2, 0.25) is 0 Å². The third kappa shape index (κ3) is 3.52. The monoisotopic (exact) mass is 296 g/mol. The number of aromatic nitrogens is 1. The average Bonchev–Trinajstić information content (AvgIpc) is 2.41. The molecule has 5 nitrogen and oxygen atoms in total. The van der Waals surface area contributed by atoms with Crippen LogP contribution in [0.4, 0.5) is 10.1 Å². The number of hydrogen-bond acceptors (Lipinski definition) is 4. The average molecular weight is 296 g/mol. The van der Waals surface area contributed by atoms with Crippen LogP contribution in [0.2, 0.25) is 0 Å². The minimum absolute atomic E-state index is 0.0278. The van der Waals surface area contributed by atoms with Crippen LogP contribution in [0, 0.1) is 5.82 Å². The van der Waals surface area contributed by atoms with Gasteiger partial charge in [0.05, 0.1) is 6.20 Å².